The molecule has 0 amide bonds. The maximum atomic E-state index is 11.8. The van der Waals surface area contributed by atoms with Crippen LogP contribution in [0, 0.1) is 0 Å². The number of fused-ring (bicyclic) bond motifs is 1. The predicted octanol–water partition coefficient (Wildman–Crippen LogP) is 2.89. The van der Waals surface area contributed by atoms with Crippen molar-refractivity contribution in [2.24, 2.45) is 0 Å². The van der Waals surface area contributed by atoms with E-state index in [0.29, 0.717) is 17.4 Å². The van der Waals surface area contributed by atoms with Crippen molar-refractivity contribution in [2.45, 2.75) is 44.7 Å². The second-order valence-corrected chi connectivity index (χ2v) is 9.20. The lowest BCUT2D eigenvalue weighted by molar-refractivity contribution is 0.0683. The van der Waals surface area contributed by atoms with Gasteiger partial charge < -0.3 is 25.0 Å². The molecule has 3 aromatic rings. The van der Waals surface area contributed by atoms with E-state index in [2.05, 4.69) is 30.1 Å². The van der Waals surface area contributed by atoms with Crippen molar-refractivity contribution >= 4 is 34.5 Å². The molecule has 34 heavy (non-hydrogen) atoms. The number of carboxylic acid groups (broad SMARTS) is 1. The lowest BCUT2D eigenvalue weighted by Gasteiger charge is -2.38. The first-order valence-electron chi connectivity index (χ1n) is 12.0. The molecule has 1 atom stereocenters. The molecule has 3 aromatic heterocycles. The third-order valence-electron chi connectivity index (χ3n) is 7.04. The number of piperazine rings is 1. The van der Waals surface area contributed by atoms with Gasteiger partial charge in [-0.2, -0.15) is 4.98 Å². The highest BCUT2D eigenvalue weighted by atomic mass is 16.4. The molecule has 0 spiro atoms. The van der Waals surface area contributed by atoms with Gasteiger partial charge in [0.1, 0.15) is 17.2 Å². The Bertz CT molecular complexity index is 1150. The molecule has 3 N–H and O–H groups in total. The molecule has 1 unspecified atom stereocenters. The molecule has 4 heterocycles. The van der Waals surface area contributed by atoms with Crippen molar-refractivity contribution in [1.29, 1.82) is 0 Å². The van der Waals surface area contributed by atoms with Crippen molar-refractivity contribution in [3.05, 3.63) is 36.3 Å². The Kier molecular flexibility index (Phi) is 6.34. The smallest absolute Gasteiger partial charge is 0.352 e. The Balaban J connectivity index is 1.31. The van der Waals surface area contributed by atoms with Crippen molar-refractivity contribution in [3.8, 4) is 0 Å². The minimum atomic E-state index is -0.941. The van der Waals surface area contributed by atoms with Crippen LogP contribution in [0.2, 0.25) is 0 Å². The summed E-state index contributed by atoms with van der Waals surface area (Å²) in [6, 6.07) is 5.94. The van der Waals surface area contributed by atoms with Gasteiger partial charge in [-0.25, -0.2) is 14.8 Å². The lowest BCUT2D eigenvalue weighted by atomic mass is 10.2. The van der Waals surface area contributed by atoms with Crippen LogP contribution in [0.4, 0.5) is 17.5 Å². The molecule has 10 nitrogen and oxygen atoms in total. The Morgan fingerprint density at radius 1 is 1.15 bits per heavy atom. The molecule has 0 bridgehead atoms. The number of aliphatic hydroxyl groups is 1. The zero-order valence-electron chi connectivity index (χ0n) is 19.4. The van der Waals surface area contributed by atoms with E-state index < -0.39 is 5.97 Å². The van der Waals surface area contributed by atoms with E-state index >= 15 is 0 Å². The predicted molar refractivity (Wildman–Crippen MR) is 130 cm³/mol. The summed E-state index contributed by atoms with van der Waals surface area (Å²) in [5, 5.41) is 23.0. The fourth-order valence-corrected chi connectivity index (χ4v) is 5.06. The van der Waals surface area contributed by atoms with E-state index in [9.17, 15) is 15.0 Å². The van der Waals surface area contributed by atoms with Gasteiger partial charge in [-0.15, -0.1) is 0 Å². The standard InChI is InChI=1S/C24H31N7O3/c1-16(15-32)29-8-10-30(11-9-29)19-6-7-21(25-14-19)27-24-26-13-17-12-20(23(33)34)31(22(17)28-24)18-4-2-3-5-18/h6-7,12-14,16,18,32H,2-5,8-11,15H2,1H3,(H,33,34)(H,25,26,27,28). The molecule has 0 radical (unpaired) electrons. The second kappa shape index (κ2) is 9.55. The second-order valence-electron chi connectivity index (χ2n) is 9.20. The van der Waals surface area contributed by atoms with Gasteiger partial charge >= 0.3 is 5.97 Å². The molecule has 0 aromatic carbocycles. The van der Waals surface area contributed by atoms with Crippen LogP contribution in [0.3, 0.4) is 0 Å². The van der Waals surface area contributed by atoms with Crippen molar-refractivity contribution < 1.29 is 15.0 Å². The number of aromatic nitrogens is 4. The average molecular weight is 466 g/mol. The van der Waals surface area contributed by atoms with Crippen LogP contribution in [0.5, 0.6) is 0 Å². The monoisotopic (exact) mass is 465 g/mol. The van der Waals surface area contributed by atoms with Gasteiger partial charge in [0.2, 0.25) is 5.95 Å². The summed E-state index contributed by atoms with van der Waals surface area (Å²) in [7, 11) is 0. The summed E-state index contributed by atoms with van der Waals surface area (Å²) < 4.78 is 1.87. The Morgan fingerprint density at radius 3 is 2.56 bits per heavy atom. The van der Waals surface area contributed by atoms with Crippen molar-refractivity contribution in [2.75, 3.05) is 43.0 Å². The first kappa shape index (κ1) is 22.5. The van der Waals surface area contributed by atoms with Crippen LogP contribution < -0.4 is 10.2 Å². The number of hydrogen-bond acceptors (Lipinski definition) is 8. The molecule has 10 heteroatoms. The number of carbonyl (C=O) groups is 1. The topological polar surface area (TPSA) is 120 Å². The molecule has 2 aliphatic rings. The lowest BCUT2D eigenvalue weighted by Crippen LogP contribution is -2.50. The van der Waals surface area contributed by atoms with Crippen LogP contribution in [-0.2, 0) is 0 Å². The quantitative estimate of drug-likeness (QED) is 0.484. The average Bonchev–Trinajstić information content (AvgIpc) is 3.52. The zero-order valence-corrected chi connectivity index (χ0v) is 19.4. The van der Waals surface area contributed by atoms with Crippen LogP contribution in [0.15, 0.2) is 30.6 Å². The van der Waals surface area contributed by atoms with Gasteiger partial charge in [-0.05, 0) is 38.0 Å². The number of aliphatic hydroxyl groups excluding tert-OH is 1. The molecule has 1 aliphatic carbocycles. The molecule has 180 valence electrons. The minimum Gasteiger partial charge on any atom is -0.477 e. The number of nitrogens with one attached hydrogen (secondary N) is 1. The fourth-order valence-electron chi connectivity index (χ4n) is 5.06. The summed E-state index contributed by atoms with van der Waals surface area (Å²) in [5.41, 5.74) is 1.97. The highest BCUT2D eigenvalue weighted by molar-refractivity contribution is 5.93. The highest BCUT2D eigenvalue weighted by Crippen LogP contribution is 2.34. The third-order valence-corrected chi connectivity index (χ3v) is 7.04. The molecule has 2 fully saturated rings. The van der Waals surface area contributed by atoms with Gasteiger partial charge in [0.05, 0.1) is 18.5 Å². The number of pyridine rings is 1. The summed E-state index contributed by atoms with van der Waals surface area (Å²) in [6.45, 7) is 5.83. The molecule has 1 saturated heterocycles. The number of anilines is 3. The molecular weight excluding hydrogens is 434 g/mol. The zero-order chi connectivity index (χ0) is 23.7. The van der Waals surface area contributed by atoms with Gasteiger partial charge in [-0.1, -0.05) is 12.8 Å². The Hall–Kier alpha value is -3.24. The molecule has 1 aliphatic heterocycles. The van der Waals surface area contributed by atoms with Crippen LogP contribution >= 0.6 is 0 Å². The van der Waals surface area contributed by atoms with Gasteiger partial charge in [0, 0.05) is 49.8 Å². The van der Waals surface area contributed by atoms with Crippen LogP contribution in [0.1, 0.15) is 49.1 Å². The normalized spacial score (nSPS) is 18.5. The number of hydrogen-bond donors (Lipinski definition) is 3. The number of aromatic carboxylic acids is 1. The van der Waals surface area contributed by atoms with E-state index in [4.69, 9.17) is 0 Å². The Morgan fingerprint density at radius 2 is 1.91 bits per heavy atom. The van der Waals surface area contributed by atoms with E-state index in [1.165, 1.54) is 0 Å². The van der Waals surface area contributed by atoms with Gasteiger partial charge in [0.15, 0.2) is 0 Å². The summed E-state index contributed by atoms with van der Waals surface area (Å²) >= 11 is 0. The molecule has 5 rings (SSSR count). The van der Waals surface area contributed by atoms with Crippen LogP contribution in [0.25, 0.3) is 11.0 Å². The van der Waals surface area contributed by atoms with Crippen molar-refractivity contribution in [3.63, 3.8) is 0 Å². The summed E-state index contributed by atoms with van der Waals surface area (Å²) in [4.78, 5) is 30.0. The first-order valence-corrected chi connectivity index (χ1v) is 12.0. The van der Waals surface area contributed by atoms with Gasteiger partial charge in [0.25, 0.3) is 0 Å². The van der Waals surface area contributed by atoms with E-state index in [-0.39, 0.29) is 24.4 Å². The largest absolute Gasteiger partial charge is 0.477 e. The summed E-state index contributed by atoms with van der Waals surface area (Å²) in [5.74, 6) is 0.0880. The van der Waals surface area contributed by atoms with E-state index in [0.717, 1.165) is 62.9 Å². The third kappa shape index (κ3) is 4.43. The fraction of sp³-hybridized carbons (Fsp3) is 0.500. The minimum absolute atomic E-state index is 0.157. The van der Waals surface area contributed by atoms with E-state index in [1.54, 1.807) is 12.3 Å². The van der Waals surface area contributed by atoms with Crippen molar-refractivity contribution in [1.82, 2.24) is 24.4 Å². The Labute approximate surface area is 198 Å². The SMILES string of the molecule is CC(CO)N1CCN(c2ccc(Nc3ncc4cc(C(=O)O)n(C5CCCC5)c4n3)nc2)CC1. The number of carboxylic acids is 1. The number of rotatable bonds is 7. The number of nitrogens with zero attached hydrogens (tertiary/aromatic N) is 6. The van der Waals surface area contributed by atoms with E-state index in [1.807, 2.05) is 29.8 Å². The highest BCUT2D eigenvalue weighted by Gasteiger charge is 2.26. The molecular formula is C24H31N7O3. The summed E-state index contributed by atoms with van der Waals surface area (Å²) in [6.07, 6.45) is 7.65. The molecule has 1 saturated carbocycles. The van der Waals surface area contributed by atoms with Crippen LogP contribution in [-0.4, -0.2) is 79.4 Å². The maximum Gasteiger partial charge on any atom is 0.352 e. The van der Waals surface area contributed by atoms with Gasteiger partial charge in [-0.3, -0.25) is 4.90 Å². The maximum absolute atomic E-state index is 11.8. The first-order chi connectivity index (χ1) is 16.5.